The van der Waals surface area contributed by atoms with Gasteiger partial charge in [-0.3, -0.25) is 4.90 Å². The molecule has 1 aromatic rings. The number of halogens is 1. The molecule has 0 radical (unpaired) electrons. The molecule has 4 heteroatoms. The summed E-state index contributed by atoms with van der Waals surface area (Å²) >= 11 is 3.48. The topological polar surface area (TPSA) is 21.7 Å². The summed E-state index contributed by atoms with van der Waals surface area (Å²) in [5.41, 5.74) is 1.20. The summed E-state index contributed by atoms with van der Waals surface area (Å²) in [5, 5.41) is 0. The average molecular weight is 300 g/mol. The smallest absolute Gasteiger partial charge is 0.119 e. The molecule has 2 rings (SSSR count). The van der Waals surface area contributed by atoms with Gasteiger partial charge in [-0.15, -0.1) is 0 Å². The molecule has 1 heterocycles. The Morgan fingerprint density at radius 3 is 2.82 bits per heavy atom. The van der Waals surface area contributed by atoms with Crippen LogP contribution in [0.2, 0.25) is 0 Å². The van der Waals surface area contributed by atoms with Gasteiger partial charge in [0.1, 0.15) is 12.4 Å². The third kappa shape index (κ3) is 3.98. The van der Waals surface area contributed by atoms with E-state index in [1.54, 1.807) is 0 Å². The van der Waals surface area contributed by atoms with E-state index < -0.39 is 0 Å². The highest BCUT2D eigenvalue weighted by molar-refractivity contribution is 9.10. The Morgan fingerprint density at radius 1 is 1.35 bits per heavy atom. The van der Waals surface area contributed by atoms with Crippen molar-refractivity contribution in [2.24, 2.45) is 0 Å². The van der Waals surface area contributed by atoms with Gasteiger partial charge in [-0.25, -0.2) is 0 Å². The lowest BCUT2D eigenvalue weighted by Gasteiger charge is -2.26. The van der Waals surface area contributed by atoms with Crippen LogP contribution >= 0.6 is 15.9 Å². The summed E-state index contributed by atoms with van der Waals surface area (Å²) in [6.07, 6.45) is 0. The van der Waals surface area contributed by atoms with Crippen LogP contribution in [-0.4, -0.2) is 44.4 Å². The fraction of sp³-hybridized carbons (Fsp3) is 0.538. The second kappa shape index (κ2) is 6.38. The van der Waals surface area contributed by atoms with E-state index in [9.17, 15) is 0 Å². The molecule has 0 saturated carbocycles. The van der Waals surface area contributed by atoms with E-state index >= 15 is 0 Å². The Hall–Kier alpha value is -0.580. The first-order valence-corrected chi connectivity index (χ1v) is 6.74. The fourth-order valence-corrected chi connectivity index (χ4v) is 2.07. The molecule has 0 aromatic heterocycles. The van der Waals surface area contributed by atoms with Crippen molar-refractivity contribution in [1.82, 2.24) is 4.90 Å². The van der Waals surface area contributed by atoms with E-state index in [-0.39, 0.29) is 0 Å². The summed E-state index contributed by atoms with van der Waals surface area (Å²) in [7, 11) is 0. The minimum absolute atomic E-state index is 0.737. The molecule has 0 bridgehead atoms. The summed E-state index contributed by atoms with van der Waals surface area (Å²) in [4.78, 5) is 2.37. The number of hydrogen-bond donors (Lipinski definition) is 0. The van der Waals surface area contributed by atoms with E-state index in [0.29, 0.717) is 0 Å². The maximum Gasteiger partial charge on any atom is 0.119 e. The van der Waals surface area contributed by atoms with Crippen molar-refractivity contribution in [2.45, 2.75) is 6.92 Å². The normalized spacial score (nSPS) is 17.1. The third-order valence-corrected chi connectivity index (χ3v) is 3.80. The van der Waals surface area contributed by atoms with Crippen molar-refractivity contribution in [1.29, 1.82) is 0 Å². The van der Waals surface area contributed by atoms with Crippen LogP contribution in [0.5, 0.6) is 5.75 Å². The van der Waals surface area contributed by atoms with Crippen LogP contribution in [0.3, 0.4) is 0 Å². The van der Waals surface area contributed by atoms with E-state index in [2.05, 4.69) is 33.8 Å². The number of hydrogen-bond acceptors (Lipinski definition) is 3. The summed E-state index contributed by atoms with van der Waals surface area (Å²) in [6, 6.07) is 6.08. The number of nitrogens with zero attached hydrogens (tertiary/aromatic N) is 1. The number of morpholine rings is 1. The number of ether oxygens (including phenoxy) is 2. The van der Waals surface area contributed by atoms with Gasteiger partial charge in [0.25, 0.3) is 0 Å². The van der Waals surface area contributed by atoms with Gasteiger partial charge in [-0.1, -0.05) is 15.9 Å². The molecule has 1 aromatic carbocycles. The minimum atomic E-state index is 0.737. The summed E-state index contributed by atoms with van der Waals surface area (Å²) < 4.78 is 12.2. The van der Waals surface area contributed by atoms with Crippen molar-refractivity contribution >= 4 is 15.9 Å². The Labute approximate surface area is 111 Å². The molecule has 0 amide bonds. The van der Waals surface area contributed by atoms with Gasteiger partial charge in [-0.05, 0) is 30.7 Å². The largest absolute Gasteiger partial charge is 0.492 e. The highest BCUT2D eigenvalue weighted by Gasteiger charge is 2.09. The van der Waals surface area contributed by atoms with Crippen LogP contribution in [0, 0.1) is 6.92 Å². The van der Waals surface area contributed by atoms with Gasteiger partial charge in [0.2, 0.25) is 0 Å². The number of rotatable bonds is 4. The number of aryl methyl sites for hydroxylation is 1. The van der Waals surface area contributed by atoms with Crippen LogP contribution < -0.4 is 4.74 Å². The lowest BCUT2D eigenvalue weighted by atomic mass is 10.2. The van der Waals surface area contributed by atoms with E-state index in [4.69, 9.17) is 9.47 Å². The standard InChI is InChI=1S/C13H18BrNO2/c1-11-10-12(2-3-13(11)14)17-9-6-15-4-7-16-8-5-15/h2-3,10H,4-9H2,1H3. The van der Waals surface area contributed by atoms with Gasteiger partial charge in [0.15, 0.2) is 0 Å². The van der Waals surface area contributed by atoms with Crippen molar-refractivity contribution in [2.75, 3.05) is 39.5 Å². The van der Waals surface area contributed by atoms with Crippen LogP contribution in [0.15, 0.2) is 22.7 Å². The lowest BCUT2D eigenvalue weighted by Crippen LogP contribution is -2.38. The second-order valence-corrected chi connectivity index (χ2v) is 5.07. The zero-order valence-corrected chi connectivity index (χ0v) is 11.7. The Kier molecular flexibility index (Phi) is 4.83. The van der Waals surface area contributed by atoms with Gasteiger partial charge in [0, 0.05) is 24.1 Å². The predicted octanol–water partition coefficient (Wildman–Crippen LogP) is 2.47. The molecule has 0 atom stereocenters. The molecule has 0 N–H and O–H groups in total. The molecule has 0 aliphatic carbocycles. The van der Waals surface area contributed by atoms with Crippen molar-refractivity contribution < 1.29 is 9.47 Å². The maximum atomic E-state index is 5.74. The van der Waals surface area contributed by atoms with Crippen LogP contribution in [0.1, 0.15) is 5.56 Å². The zero-order valence-electron chi connectivity index (χ0n) is 10.1. The third-order valence-electron chi connectivity index (χ3n) is 2.91. The average Bonchev–Trinajstić information content (AvgIpc) is 2.35. The highest BCUT2D eigenvalue weighted by atomic mass is 79.9. The van der Waals surface area contributed by atoms with Gasteiger partial charge < -0.3 is 9.47 Å². The van der Waals surface area contributed by atoms with Gasteiger partial charge >= 0.3 is 0 Å². The molecular formula is C13H18BrNO2. The number of benzene rings is 1. The molecule has 17 heavy (non-hydrogen) atoms. The molecule has 3 nitrogen and oxygen atoms in total. The summed E-state index contributed by atoms with van der Waals surface area (Å²) in [6.45, 7) is 7.50. The van der Waals surface area contributed by atoms with Crippen molar-refractivity contribution in [3.8, 4) is 5.75 Å². The Balaban J connectivity index is 1.75. The Morgan fingerprint density at radius 2 is 2.12 bits per heavy atom. The molecular weight excluding hydrogens is 282 g/mol. The van der Waals surface area contributed by atoms with Crippen molar-refractivity contribution in [3.05, 3.63) is 28.2 Å². The summed E-state index contributed by atoms with van der Waals surface area (Å²) in [5.74, 6) is 0.943. The second-order valence-electron chi connectivity index (χ2n) is 4.21. The van der Waals surface area contributed by atoms with Crippen LogP contribution in [-0.2, 0) is 4.74 Å². The predicted molar refractivity (Wildman–Crippen MR) is 71.6 cm³/mol. The first kappa shape index (κ1) is 12.9. The Bertz CT molecular complexity index is 364. The SMILES string of the molecule is Cc1cc(OCCN2CCOCC2)ccc1Br. The maximum absolute atomic E-state index is 5.74. The van der Waals surface area contributed by atoms with Crippen LogP contribution in [0.25, 0.3) is 0 Å². The van der Waals surface area contributed by atoms with Crippen molar-refractivity contribution in [3.63, 3.8) is 0 Å². The molecule has 94 valence electrons. The highest BCUT2D eigenvalue weighted by Crippen LogP contribution is 2.21. The van der Waals surface area contributed by atoms with E-state index in [0.717, 1.165) is 49.7 Å². The van der Waals surface area contributed by atoms with Gasteiger partial charge in [0.05, 0.1) is 13.2 Å². The zero-order chi connectivity index (χ0) is 12.1. The first-order valence-electron chi connectivity index (χ1n) is 5.95. The lowest BCUT2D eigenvalue weighted by molar-refractivity contribution is 0.0322. The fourth-order valence-electron chi connectivity index (χ4n) is 1.82. The van der Waals surface area contributed by atoms with Crippen LogP contribution in [0.4, 0.5) is 0 Å². The minimum Gasteiger partial charge on any atom is -0.492 e. The monoisotopic (exact) mass is 299 g/mol. The van der Waals surface area contributed by atoms with E-state index in [1.807, 2.05) is 12.1 Å². The van der Waals surface area contributed by atoms with Gasteiger partial charge in [-0.2, -0.15) is 0 Å². The quantitative estimate of drug-likeness (QED) is 0.852. The molecule has 0 spiro atoms. The first-order chi connectivity index (χ1) is 8.25. The molecule has 1 fully saturated rings. The molecule has 0 unspecified atom stereocenters. The molecule has 1 saturated heterocycles. The molecule has 1 aliphatic rings. The van der Waals surface area contributed by atoms with E-state index in [1.165, 1.54) is 5.56 Å². The molecule has 1 aliphatic heterocycles.